The molecule has 0 radical (unpaired) electrons. The molecule has 0 saturated heterocycles. The van der Waals surface area contributed by atoms with Gasteiger partial charge in [-0.05, 0) is 43.6 Å². The van der Waals surface area contributed by atoms with Crippen LogP contribution in [0, 0.1) is 19.7 Å². The summed E-state index contributed by atoms with van der Waals surface area (Å²) in [6.07, 6.45) is 0. The molecule has 0 aliphatic carbocycles. The fourth-order valence-corrected chi connectivity index (χ4v) is 3.63. The van der Waals surface area contributed by atoms with Crippen LogP contribution in [0.3, 0.4) is 0 Å². The van der Waals surface area contributed by atoms with E-state index in [4.69, 9.17) is 12.2 Å². The third-order valence-corrected chi connectivity index (χ3v) is 5.14. The second-order valence-corrected chi connectivity index (χ2v) is 7.31. The minimum absolute atomic E-state index is 0.234. The van der Waals surface area contributed by atoms with Crippen LogP contribution in [0.15, 0.2) is 66.7 Å². The summed E-state index contributed by atoms with van der Waals surface area (Å²) in [5.74, 6) is -0.234. The first-order chi connectivity index (χ1) is 14.0. The molecule has 6 heteroatoms. The lowest BCUT2D eigenvalue weighted by molar-refractivity contribution is 0.579. The van der Waals surface area contributed by atoms with Gasteiger partial charge in [0.1, 0.15) is 5.82 Å². The van der Waals surface area contributed by atoms with Crippen LogP contribution < -0.4 is 10.6 Å². The standard InChI is InChI=1S/C23H21FN4S/c1-15-22(16(2)28(27-15)14-18-9-4-6-12-20(18)24)26-23(29)25-21-13-7-10-17-8-3-5-11-19(17)21/h3-13H,14H2,1-2H3,(H2,25,26,29). The van der Waals surface area contributed by atoms with E-state index in [1.807, 2.05) is 44.2 Å². The van der Waals surface area contributed by atoms with Crippen molar-refractivity contribution in [2.45, 2.75) is 20.4 Å². The summed E-state index contributed by atoms with van der Waals surface area (Å²) < 4.78 is 15.8. The number of nitrogens with zero attached hydrogens (tertiary/aromatic N) is 2. The van der Waals surface area contributed by atoms with Gasteiger partial charge in [-0.3, -0.25) is 4.68 Å². The number of halogens is 1. The lowest BCUT2D eigenvalue weighted by Crippen LogP contribution is -2.20. The number of aryl methyl sites for hydroxylation is 1. The Bertz CT molecular complexity index is 1190. The number of hydrogen-bond acceptors (Lipinski definition) is 2. The van der Waals surface area contributed by atoms with Crippen LogP contribution in [0.4, 0.5) is 15.8 Å². The van der Waals surface area contributed by atoms with Gasteiger partial charge in [-0.15, -0.1) is 0 Å². The fourth-order valence-electron chi connectivity index (χ4n) is 3.42. The quantitative estimate of drug-likeness (QED) is 0.431. The highest BCUT2D eigenvalue weighted by Crippen LogP contribution is 2.25. The summed E-state index contributed by atoms with van der Waals surface area (Å²) in [7, 11) is 0. The fraction of sp³-hybridized carbons (Fsp3) is 0.130. The zero-order valence-corrected chi connectivity index (χ0v) is 17.1. The molecule has 0 spiro atoms. The van der Waals surface area contributed by atoms with Gasteiger partial charge in [-0.2, -0.15) is 5.10 Å². The zero-order valence-electron chi connectivity index (χ0n) is 16.2. The van der Waals surface area contributed by atoms with E-state index in [2.05, 4.69) is 33.9 Å². The van der Waals surface area contributed by atoms with Gasteiger partial charge in [0.25, 0.3) is 0 Å². The minimum atomic E-state index is -0.234. The van der Waals surface area contributed by atoms with E-state index in [1.54, 1.807) is 16.8 Å². The molecule has 0 unspecified atom stereocenters. The number of fused-ring (bicyclic) bond motifs is 1. The van der Waals surface area contributed by atoms with E-state index in [0.29, 0.717) is 17.2 Å². The van der Waals surface area contributed by atoms with Crippen molar-refractivity contribution in [2.75, 3.05) is 10.6 Å². The highest BCUT2D eigenvalue weighted by Gasteiger charge is 2.14. The molecule has 0 saturated carbocycles. The van der Waals surface area contributed by atoms with E-state index < -0.39 is 0 Å². The van der Waals surface area contributed by atoms with Crippen LogP contribution in [0.1, 0.15) is 17.0 Å². The lowest BCUT2D eigenvalue weighted by atomic mass is 10.1. The Labute approximate surface area is 174 Å². The minimum Gasteiger partial charge on any atom is -0.332 e. The maximum atomic E-state index is 14.0. The zero-order chi connectivity index (χ0) is 20.4. The lowest BCUT2D eigenvalue weighted by Gasteiger charge is -2.13. The molecule has 146 valence electrons. The number of aromatic nitrogens is 2. The van der Waals surface area contributed by atoms with Gasteiger partial charge >= 0.3 is 0 Å². The Balaban J connectivity index is 1.54. The SMILES string of the molecule is Cc1nn(Cc2ccccc2F)c(C)c1NC(=S)Nc1cccc2ccccc12. The Morgan fingerprint density at radius 2 is 1.69 bits per heavy atom. The second kappa shape index (κ2) is 8.01. The van der Waals surface area contributed by atoms with Gasteiger partial charge in [0.15, 0.2) is 5.11 Å². The molecule has 0 fully saturated rings. The molecule has 29 heavy (non-hydrogen) atoms. The molecular weight excluding hydrogens is 383 g/mol. The van der Waals surface area contributed by atoms with Crippen molar-refractivity contribution in [3.8, 4) is 0 Å². The van der Waals surface area contributed by atoms with Crippen molar-refractivity contribution >= 4 is 39.5 Å². The van der Waals surface area contributed by atoms with Gasteiger partial charge < -0.3 is 10.6 Å². The third-order valence-electron chi connectivity index (χ3n) is 4.94. The average Bonchev–Trinajstić information content (AvgIpc) is 2.97. The van der Waals surface area contributed by atoms with Crippen molar-refractivity contribution in [2.24, 2.45) is 0 Å². The van der Waals surface area contributed by atoms with Crippen LogP contribution in [0.2, 0.25) is 0 Å². The molecule has 0 bridgehead atoms. The topological polar surface area (TPSA) is 41.9 Å². The molecule has 4 nitrogen and oxygen atoms in total. The first kappa shape index (κ1) is 19.1. The summed E-state index contributed by atoms with van der Waals surface area (Å²) in [6.45, 7) is 4.22. The van der Waals surface area contributed by atoms with Crippen LogP contribution >= 0.6 is 12.2 Å². The number of thiocarbonyl (C=S) groups is 1. The molecule has 0 aliphatic heterocycles. The Hall–Kier alpha value is -3.25. The number of rotatable bonds is 4. The first-order valence-electron chi connectivity index (χ1n) is 9.36. The first-order valence-corrected chi connectivity index (χ1v) is 9.77. The van der Waals surface area contributed by atoms with Crippen molar-refractivity contribution in [1.82, 2.24) is 9.78 Å². The third kappa shape index (κ3) is 3.98. The van der Waals surface area contributed by atoms with Crippen LogP contribution in [-0.2, 0) is 6.54 Å². The Morgan fingerprint density at radius 3 is 2.52 bits per heavy atom. The predicted molar refractivity (Wildman–Crippen MR) is 121 cm³/mol. The molecule has 1 aromatic heterocycles. The van der Waals surface area contributed by atoms with Crippen molar-refractivity contribution in [3.63, 3.8) is 0 Å². The van der Waals surface area contributed by atoms with Crippen molar-refractivity contribution in [1.29, 1.82) is 0 Å². The normalized spacial score (nSPS) is 10.9. The summed E-state index contributed by atoms with van der Waals surface area (Å²) in [5, 5.41) is 13.8. The molecular formula is C23H21FN4S. The van der Waals surface area contributed by atoms with Crippen molar-refractivity contribution in [3.05, 3.63) is 89.5 Å². The largest absolute Gasteiger partial charge is 0.332 e. The average molecular weight is 405 g/mol. The summed E-state index contributed by atoms with van der Waals surface area (Å²) in [6, 6.07) is 20.9. The molecule has 0 amide bonds. The highest BCUT2D eigenvalue weighted by atomic mass is 32.1. The van der Waals surface area contributed by atoms with Crippen LogP contribution in [0.5, 0.6) is 0 Å². The molecule has 4 rings (SSSR count). The molecule has 4 aromatic rings. The van der Waals surface area contributed by atoms with Crippen LogP contribution in [0.25, 0.3) is 10.8 Å². The number of hydrogen-bond donors (Lipinski definition) is 2. The Kier molecular flexibility index (Phi) is 5.27. The van der Waals surface area contributed by atoms with E-state index >= 15 is 0 Å². The van der Waals surface area contributed by atoms with Crippen molar-refractivity contribution < 1.29 is 4.39 Å². The van der Waals surface area contributed by atoms with E-state index in [1.165, 1.54) is 6.07 Å². The van der Waals surface area contributed by atoms with E-state index in [0.717, 1.165) is 33.5 Å². The molecule has 3 aromatic carbocycles. The molecule has 2 N–H and O–H groups in total. The van der Waals surface area contributed by atoms with Gasteiger partial charge in [-0.25, -0.2) is 4.39 Å². The van der Waals surface area contributed by atoms with E-state index in [-0.39, 0.29) is 5.82 Å². The molecule has 1 heterocycles. The van der Waals surface area contributed by atoms with Crippen LogP contribution in [-0.4, -0.2) is 14.9 Å². The smallest absolute Gasteiger partial charge is 0.175 e. The summed E-state index contributed by atoms with van der Waals surface area (Å²) >= 11 is 5.54. The molecule has 0 atom stereocenters. The number of nitrogens with one attached hydrogen (secondary N) is 2. The maximum Gasteiger partial charge on any atom is 0.175 e. The number of benzene rings is 3. The van der Waals surface area contributed by atoms with Gasteiger partial charge in [0.05, 0.1) is 23.6 Å². The number of anilines is 2. The van der Waals surface area contributed by atoms with Gasteiger partial charge in [-0.1, -0.05) is 54.6 Å². The van der Waals surface area contributed by atoms with Gasteiger partial charge in [0, 0.05) is 16.6 Å². The molecule has 0 aliphatic rings. The van der Waals surface area contributed by atoms with Gasteiger partial charge in [0.2, 0.25) is 0 Å². The monoisotopic (exact) mass is 404 g/mol. The summed E-state index contributed by atoms with van der Waals surface area (Å²) in [5.41, 5.74) is 4.07. The highest BCUT2D eigenvalue weighted by molar-refractivity contribution is 7.80. The predicted octanol–water partition coefficient (Wildman–Crippen LogP) is 5.65. The second-order valence-electron chi connectivity index (χ2n) is 6.90. The van der Waals surface area contributed by atoms with E-state index in [9.17, 15) is 4.39 Å². The Morgan fingerprint density at radius 1 is 0.966 bits per heavy atom. The summed E-state index contributed by atoms with van der Waals surface area (Å²) in [4.78, 5) is 0. The maximum absolute atomic E-state index is 14.0.